The first-order chi connectivity index (χ1) is 7.25. The molecule has 0 radical (unpaired) electrons. The molecule has 0 aliphatic carbocycles. The van der Waals surface area contributed by atoms with Gasteiger partial charge >= 0.3 is 0 Å². The third-order valence-electron chi connectivity index (χ3n) is 2.22. The van der Waals surface area contributed by atoms with Crippen molar-refractivity contribution < 1.29 is 0 Å². The monoisotopic (exact) mass is 200 g/mol. The lowest BCUT2D eigenvalue weighted by Gasteiger charge is -2.04. The minimum atomic E-state index is 0.324. The van der Waals surface area contributed by atoms with Crippen molar-refractivity contribution in [2.75, 3.05) is 5.73 Å². The third-order valence-corrected chi connectivity index (χ3v) is 2.22. The summed E-state index contributed by atoms with van der Waals surface area (Å²) in [6.07, 6.45) is 6.06. The Balaban J connectivity index is 2.28. The maximum Gasteiger partial charge on any atom is 0.220 e. The van der Waals surface area contributed by atoms with Gasteiger partial charge < -0.3 is 5.73 Å². The predicted molar refractivity (Wildman–Crippen MR) is 58.2 cm³/mol. The zero-order chi connectivity index (χ0) is 10.7. The average molecular weight is 200 g/mol. The summed E-state index contributed by atoms with van der Waals surface area (Å²) in [6, 6.07) is 3.94. The molecular weight excluding hydrogens is 188 g/mol. The molecule has 0 aliphatic rings. The topological polar surface area (TPSA) is 64.7 Å². The van der Waals surface area contributed by atoms with Crippen LogP contribution in [0.4, 0.5) is 5.95 Å². The molecule has 0 amide bonds. The smallest absolute Gasteiger partial charge is 0.220 e. The largest absolute Gasteiger partial charge is 0.368 e. The zero-order valence-corrected chi connectivity index (χ0v) is 8.51. The summed E-state index contributed by atoms with van der Waals surface area (Å²) < 4.78 is 0. The van der Waals surface area contributed by atoms with Gasteiger partial charge in [-0.25, -0.2) is 9.97 Å². The molecule has 2 aromatic rings. The molecule has 0 saturated carbocycles. The lowest BCUT2D eigenvalue weighted by atomic mass is 10.1. The molecule has 0 unspecified atom stereocenters. The van der Waals surface area contributed by atoms with E-state index >= 15 is 0 Å². The number of hydrogen-bond acceptors (Lipinski definition) is 4. The van der Waals surface area contributed by atoms with Crippen molar-refractivity contribution in [1.82, 2.24) is 15.0 Å². The van der Waals surface area contributed by atoms with E-state index in [1.54, 1.807) is 18.6 Å². The maximum absolute atomic E-state index is 5.55. The Morgan fingerprint density at radius 1 is 1.27 bits per heavy atom. The Morgan fingerprint density at radius 2 is 2.00 bits per heavy atom. The molecule has 2 rings (SSSR count). The first-order valence-corrected chi connectivity index (χ1v) is 4.72. The third kappa shape index (κ3) is 2.28. The normalized spacial score (nSPS) is 10.2. The number of aryl methyl sites for hydroxylation is 1. The molecule has 0 aliphatic heterocycles. The van der Waals surface area contributed by atoms with Crippen LogP contribution in [-0.2, 0) is 6.42 Å². The number of aromatic nitrogens is 3. The van der Waals surface area contributed by atoms with Gasteiger partial charge in [0.2, 0.25) is 5.95 Å². The number of nitrogen functional groups attached to an aromatic ring is 1. The van der Waals surface area contributed by atoms with Crippen molar-refractivity contribution in [1.29, 1.82) is 0 Å². The number of nitrogens with zero attached hydrogens (tertiary/aromatic N) is 3. The summed E-state index contributed by atoms with van der Waals surface area (Å²) in [4.78, 5) is 12.1. The minimum absolute atomic E-state index is 0.324. The highest BCUT2D eigenvalue weighted by atomic mass is 15.0. The van der Waals surface area contributed by atoms with Gasteiger partial charge in [-0.3, -0.25) is 4.98 Å². The van der Waals surface area contributed by atoms with Crippen LogP contribution in [0.25, 0.3) is 0 Å². The van der Waals surface area contributed by atoms with Crippen molar-refractivity contribution in [2.45, 2.75) is 13.3 Å². The second-order valence-electron chi connectivity index (χ2n) is 3.39. The van der Waals surface area contributed by atoms with E-state index in [1.807, 2.05) is 19.1 Å². The van der Waals surface area contributed by atoms with Crippen molar-refractivity contribution in [3.8, 4) is 0 Å². The second-order valence-corrected chi connectivity index (χ2v) is 3.39. The van der Waals surface area contributed by atoms with E-state index in [1.165, 1.54) is 5.56 Å². The number of nitrogens with two attached hydrogens (primary N) is 1. The van der Waals surface area contributed by atoms with Crippen LogP contribution in [-0.4, -0.2) is 15.0 Å². The van der Waals surface area contributed by atoms with Gasteiger partial charge in [0.1, 0.15) is 0 Å². The van der Waals surface area contributed by atoms with Gasteiger partial charge in [0.25, 0.3) is 0 Å². The fourth-order valence-corrected chi connectivity index (χ4v) is 1.37. The van der Waals surface area contributed by atoms with E-state index in [2.05, 4.69) is 15.0 Å². The summed E-state index contributed by atoms with van der Waals surface area (Å²) in [5.41, 5.74) is 8.74. The molecule has 76 valence electrons. The van der Waals surface area contributed by atoms with Crippen LogP contribution in [0.3, 0.4) is 0 Å². The van der Waals surface area contributed by atoms with E-state index in [0.717, 1.165) is 17.7 Å². The fraction of sp³-hybridized carbons (Fsp3) is 0.182. The molecule has 0 aromatic carbocycles. The number of hydrogen-bond donors (Lipinski definition) is 1. The van der Waals surface area contributed by atoms with Crippen molar-refractivity contribution in [3.05, 3.63) is 47.5 Å². The van der Waals surface area contributed by atoms with Crippen LogP contribution in [0.5, 0.6) is 0 Å². The minimum Gasteiger partial charge on any atom is -0.368 e. The van der Waals surface area contributed by atoms with Gasteiger partial charge in [-0.05, 0) is 30.2 Å². The van der Waals surface area contributed by atoms with Gasteiger partial charge in [-0.15, -0.1) is 0 Å². The van der Waals surface area contributed by atoms with Gasteiger partial charge in [-0.1, -0.05) is 0 Å². The lowest BCUT2D eigenvalue weighted by Crippen LogP contribution is -2.02. The highest BCUT2D eigenvalue weighted by Gasteiger charge is 2.02. The fourth-order valence-electron chi connectivity index (χ4n) is 1.37. The molecule has 0 atom stereocenters. The number of rotatable bonds is 2. The molecule has 0 saturated heterocycles. The summed E-state index contributed by atoms with van der Waals surface area (Å²) in [6.45, 7) is 1.98. The maximum atomic E-state index is 5.55. The Kier molecular flexibility index (Phi) is 2.58. The summed E-state index contributed by atoms with van der Waals surface area (Å²) in [7, 11) is 0. The first kappa shape index (κ1) is 9.58. The van der Waals surface area contributed by atoms with E-state index in [-0.39, 0.29) is 0 Å². The average Bonchev–Trinajstić information content (AvgIpc) is 2.25. The van der Waals surface area contributed by atoms with E-state index in [4.69, 9.17) is 5.73 Å². The molecule has 4 heteroatoms. The Bertz CT molecular complexity index is 453. The van der Waals surface area contributed by atoms with Crippen molar-refractivity contribution in [3.63, 3.8) is 0 Å². The lowest BCUT2D eigenvalue weighted by molar-refractivity contribution is 1.00. The van der Waals surface area contributed by atoms with E-state index in [0.29, 0.717) is 5.95 Å². The standard InChI is InChI=1S/C11H12N4/c1-8-7-14-11(12)15-10(8)6-9-2-4-13-5-3-9/h2-5,7H,6H2,1H3,(H2,12,14,15). The first-order valence-electron chi connectivity index (χ1n) is 4.72. The molecule has 2 aromatic heterocycles. The molecule has 2 heterocycles. The van der Waals surface area contributed by atoms with Crippen LogP contribution in [0.2, 0.25) is 0 Å². The van der Waals surface area contributed by atoms with Crippen LogP contribution < -0.4 is 5.73 Å². The molecule has 0 fully saturated rings. The Hall–Kier alpha value is -1.97. The highest BCUT2D eigenvalue weighted by molar-refractivity contribution is 5.28. The zero-order valence-electron chi connectivity index (χ0n) is 8.51. The van der Waals surface area contributed by atoms with Crippen LogP contribution in [0.15, 0.2) is 30.7 Å². The summed E-state index contributed by atoms with van der Waals surface area (Å²) >= 11 is 0. The van der Waals surface area contributed by atoms with Gasteiger partial charge in [0.05, 0.1) is 5.69 Å². The van der Waals surface area contributed by atoms with Crippen LogP contribution in [0.1, 0.15) is 16.8 Å². The molecular formula is C11H12N4. The Morgan fingerprint density at radius 3 is 2.73 bits per heavy atom. The van der Waals surface area contributed by atoms with Crippen LogP contribution >= 0.6 is 0 Å². The molecule has 4 nitrogen and oxygen atoms in total. The van der Waals surface area contributed by atoms with Gasteiger partial charge in [0.15, 0.2) is 0 Å². The summed E-state index contributed by atoms with van der Waals surface area (Å²) in [5, 5.41) is 0. The van der Waals surface area contributed by atoms with Crippen molar-refractivity contribution >= 4 is 5.95 Å². The molecule has 0 spiro atoms. The Labute approximate surface area is 88.2 Å². The van der Waals surface area contributed by atoms with E-state index < -0.39 is 0 Å². The quantitative estimate of drug-likeness (QED) is 0.794. The van der Waals surface area contributed by atoms with E-state index in [9.17, 15) is 0 Å². The van der Waals surface area contributed by atoms with Gasteiger partial charge in [-0.2, -0.15) is 0 Å². The number of anilines is 1. The number of pyridine rings is 1. The molecule has 2 N–H and O–H groups in total. The van der Waals surface area contributed by atoms with Gasteiger partial charge in [0, 0.05) is 25.0 Å². The summed E-state index contributed by atoms with van der Waals surface area (Å²) in [5.74, 6) is 0.324. The second kappa shape index (κ2) is 4.04. The van der Waals surface area contributed by atoms with Crippen LogP contribution in [0, 0.1) is 6.92 Å². The highest BCUT2D eigenvalue weighted by Crippen LogP contribution is 2.10. The molecule has 0 bridgehead atoms. The molecule has 15 heavy (non-hydrogen) atoms. The SMILES string of the molecule is Cc1cnc(N)nc1Cc1ccncc1. The van der Waals surface area contributed by atoms with Crippen molar-refractivity contribution in [2.24, 2.45) is 0 Å². The predicted octanol–water partition coefficient (Wildman–Crippen LogP) is 1.35.